The molecule has 1 aromatic heterocycles. The Morgan fingerprint density at radius 1 is 0.955 bits per heavy atom. The zero-order valence-corrected chi connectivity index (χ0v) is 12.6. The lowest BCUT2D eigenvalue weighted by Crippen LogP contribution is -2.01. The zero-order valence-electron chi connectivity index (χ0n) is 12.6. The number of rotatable bonds is 3. The van der Waals surface area contributed by atoms with Crippen LogP contribution in [0.4, 0.5) is 0 Å². The molecule has 2 aromatic carbocycles. The number of benzene rings is 2. The highest BCUT2D eigenvalue weighted by atomic mass is 16.5. The van der Waals surface area contributed by atoms with E-state index in [4.69, 9.17) is 4.74 Å². The third-order valence-electron chi connectivity index (χ3n) is 3.66. The normalized spacial score (nSPS) is 10.5. The fraction of sp³-hybridized carbons (Fsp3) is 0.105. The van der Waals surface area contributed by atoms with Gasteiger partial charge < -0.3 is 9.30 Å². The van der Waals surface area contributed by atoms with Gasteiger partial charge in [0.2, 0.25) is 0 Å². The minimum absolute atomic E-state index is 0.319. The van der Waals surface area contributed by atoms with E-state index >= 15 is 0 Å². The average molecular weight is 291 g/mol. The molecule has 0 radical (unpaired) electrons. The number of nitrogens with zero attached hydrogens (tertiary/aromatic N) is 1. The van der Waals surface area contributed by atoms with Gasteiger partial charge in [-0.05, 0) is 48.9 Å². The molecule has 22 heavy (non-hydrogen) atoms. The standard InChI is InChI=1S/C19H17NO2/c1-14-5-11-17(12-6-14)20-13-3-4-18(20)15-7-9-16(10-8-15)19(21)22-2/h3-13H,1-2H3. The minimum Gasteiger partial charge on any atom is -0.465 e. The number of hydrogen-bond acceptors (Lipinski definition) is 2. The molecule has 0 bridgehead atoms. The van der Waals surface area contributed by atoms with E-state index in [9.17, 15) is 4.79 Å². The number of ether oxygens (including phenoxy) is 1. The first kappa shape index (κ1) is 14.1. The van der Waals surface area contributed by atoms with E-state index in [-0.39, 0.29) is 5.97 Å². The van der Waals surface area contributed by atoms with Gasteiger partial charge in [0.15, 0.2) is 0 Å². The van der Waals surface area contributed by atoms with Crippen molar-refractivity contribution < 1.29 is 9.53 Å². The van der Waals surface area contributed by atoms with Crippen molar-refractivity contribution in [1.82, 2.24) is 4.57 Å². The van der Waals surface area contributed by atoms with Crippen LogP contribution in [0.1, 0.15) is 15.9 Å². The van der Waals surface area contributed by atoms with Crippen molar-refractivity contribution in [3.8, 4) is 16.9 Å². The highest BCUT2D eigenvalue weighted by molar-refractivity contribution is 5.89. The van der Waals surface area contributed by atoms with Crippen LogP contribution in [0.25, 0.3) is 16.9 Å². The summed E-state index contributed by atoms with van der Waals surface area (Å²) in [5.74, 6) is -0.319. The first-order valence-corrected chi connectivity index (χ1v) is 7.12. The molecule has 0 aliphatic carbocycles. The molecule has 0 atom stereocenters. The van der Waals surface area contributed by atoms with Gasteiger partial charge in [0.05, 0.1) is 18.4 Å². The van der Waals surface area contributed by atoms with Crippen LogP contribution in [-0.4, -0.2) is 17.6 Å². The van der Waals surface area contributed by atoms with Crippen LogP contribution < -0.4 is 0 Å². The second kappa shape index (κ2) is 5.90. The highest BCUT2D eigenvalue weighted by Gasteiger charge is 2.08. The molecule has 0 fully saturated rings. The maximum Gasteiger partial charge on any atom is 0.337 e. The lowest BCUT2D eigenvalue weighted by atomic mass is 10.1. The summed E-state index contributed by atoms with van der Waals surface area (Å²) in [7, 11) is 1.39. The summed E-state index contributed by atoms with van der Waals surface area (Å²) in [6, 6.07) is 19.9. The van der Waals surface area contributed by atoms with Gasteiger partial charge in [-0.1, -0.05) is 29.8 Å². The molecule has 3 aromatic rings. The van der Waals surface area contributed by atoms with Crippen LogP contribution in [0.15, 0.2) is 66.9 Å². The van der Waals surface area contributed by atoms with Crippen LogP contribution in [0.3, 0.4) is 0 Å². The van der Waals surface area contributed by atoms with E-state index in [0.29, 0.717) is 5.56 Å². The Morgan fingerprint density at radius 2 is 1.64 bits per heavy atom. The van der Waals surface area contributed by atoms with Crippen molar-refractivity contribution in [2.24, 2.45) is 0 Å². The zero-order chi connectivity index (χ0) is 15.5. The molecule has 0 saturated carbocycles. The Labute approximate surface area is 129 Å². The van der Waals surface area contributed by atoms with E-state index in [1.165, 1.54) is 12.7 Å². The summed E-state index contributed by atoms with van der Waals surface area (Å²) < 4.78 is 6.86. The van der Waals surface area contributed by atoms with Gasteiger partial charge in [-0.2, -0.15) is 0 Å². The maximum absolute atomic E-state index is 11.5. The van der Waals surface area contributed by atoms with Gasteiger partial charge in [-0.3, -0.25) is 0 Å². The summed E-state index contributed by atoms with van der Waals surface area (Å²) in [5.41, 5.74) is 5.04. The van der Waals surface area contributed by atoms with Gasteiger partial charge in [0.1, 0.15) is 0 Å². The summed E-state index contributed by atoms with van der Waals surface area (Å²) in [5, 5.41) is 0. The van der Waals surface area contributed by atoms with Crippen LogP contribution >= 0.6 is 0 Å². The number of esters is 1. The van der Waals surface area contributed by atoms with Crippen molar-refractivity contribution in [3.63, 3.8) is 0 Å². The minimum atomic E-state index is -0.319. The average Bonchev–Trinajstić information content (AvgIpc) is 3.04. The largest absolute Gasteiger partial charge is 0.465 e. The Kier molecular flexibility index (Phi) is 3.79. The second-order valence-corrected chi connectivity index (χ2v) is 5.17. The van der Waals surface area contributed by atoms with E-state index in [1.54, 1.807) is 12.1 Å². The Balaban J connectivity index is 1.98. The Bertz CT molecular complexity index is 783. The summed E-state index contributed by atoms with van der Waals surface area (Å²) in [6.07, 6.45) is 2.04. The van der Waals surface area contributed by atoms with E-state index < -0.39 is 0 Å². The molecule has 0 aliphatic heterocycles. The van der Waals surface area contributed by atoms with Crippen molar-refractivity contribution in [2.75, 3.05) is 7.11 Å². The second-order valence-electron chi connectivity index (χ2n) is 5.17. The van der Waals surface area contributed by atoms with Crippen LogP contribution in [0.2, 0.25) is 0 Å². The van der Waals surface area contributed by atoms with Gasteiger partial charge in [-0.25, -0.2) is 4.79 Å². The van der Waals surface area contributed by atoms with Gasteiger partial charge in [0.25, 0.3) is 0 Å². The summed E-state index contributed by atoms with van der Waals surface area (Å²) >= 11 is 0. The topological polar surface area (TPSA) is 31.2 Å². The quantitative estimate of drug-likeness (QED) is 0.676. The molecule has 0 N–H and O–H groups in total. The van der Waals surface area contributed by atoms with Gasteiger partial charge in [0, 0.05) is 11.9 Å². The number of aryl methyl sites for hydroxylation is 1. The molecule has 110 valence electrons. The number of hydrogen-bond donors (Lipinski definition) is 0. The fourth-order valence-corrected chi connectivity index (χ4v) is 2.44. The summed E-state index contributed by atoms with van der Waals surface area (Å²) in [6.45, 7) is 2.08. The summed E-state index contributed by atoms with van der Waals surface area (Å²) in [4.78, 5) is 11.5. The third-order valence-corrected chi connectivity index (χ3v) is 3.66. The van der Waals surface area contributed by atoms with Crippen molar-refractivity contribution in [2.45, 2.75) is 6.92 Å². The van der Waals surface area contributed by atoms with Crippen LogP contribution in [-0.2, 0) is 4.74 Å². The molecular weight excluding hydrogens is 274 g/mol. The van der Waals surface area contributed by atoms with Gasteiger partial charge >= 0.3 is 5.97 Å². The van der Waals surface area contributed by atoms with Crippen molar-refractivity contribution in [3.05, 3.63) is 78.0 Å². The number of methoxy groups -OCH3 is 1. The van der Waals surface area contributed by atoms with Crippen molar-refractivity contribution >= 4 is 5.97 Å². The predicted molar refractivity (Wildman–Crippen MR) is 87.3 cm³/mol. The smallest absolute Gasteiger partial charge is 0.337 e. The molecule has 1 heterocycles. The number of carbonyl (C=O) groups is 1. The molecule has 3 nitrogen and oxygen atoms in total. The first-order chi connectivity index (χ1) is 10.7. The maximum atomic E-state index is 11.5. The molecular formula is C19H17NO2. The molecule has 0 spiro atoms. The lowest BCUT2D eigenvalue weighted by Gasteiger charge is -2.10. The number of aromatic nitrogens is 1. The molecule has 3 rings (SSSR count). The van der Waals surface area contributed by atoms with Crippen LogP contribution in [0.5, 0.6) is 0 Å². The van der Waals surface area contributed by atoms with E-state index in [2.05, 4.69) is 41.8 Å². The molecule has 0 amide bonds. The molecule has 0 unspecified atom stereocenters. The SMILES string of the molecule is COC(=O)c1ccc(-c2cccn2-c2ccc(C)cc2)cc1. The van der Waals surface area contributed by atoms with Crippen LogP contribution in [0, 0.1) is 6.92 Å². The lowest BCUT2D eigenvalue weighted by molar-refractivity contribution is 0.0601. The highest BCUT2D eigenvalue weighted by Crippen LogP contribution is 2.24. The van der Waals surface area contributed by atoms with E-state index in [1.807, 2.05) is 24.4 Å². The monoisotopic (exact) mass is 291 g/mol. The predicted octanol–water partition coefficient (Wildman–Crippen LogP) is 4.24. The Morgan fingerprint density at radius 3 is 2.27 bits per heavy atom. The number of carbonyl (C=O) groups excluding carboxylic acids is 1. The van der Waals surface area contributed by atoms with Crippen molar-refractivity contribution in [1.29, 1.82) is 0 Å². The molecule has 0 aliphatic rings. The Hall–Kier alpha value is -2.81. The third kappa shape index (κ3) is 2.66. The molecule has 3 heteroatoms. The van der Waals surface area contributed by atoms with Gasteiger partial charge in [-0.15, -0.1) is 0 Å². The first-order valence-electron chi connectivity index (χ1n) is 7.12. The fourth-order valence-electron chi connectivity index (χ4n) is 2.44. The van der Waals surface area contributed by atoms with E-state index in [0.717, 1.165) is 16.9 Å². The molecule has 0 saturated heterocycles.